The van der Waals surface area contributed by atoms with Gasteiger partial charge in [0.05, 0.1) is 24.6 Å². The predicted octanol–water partition coefficient (Wildman–Crippen LogP) is 3.29. The predicted molar refractivity (Wildman–Crippen MR) is 111 cm³/mol. The van der Waals surface area contributed by atoms with Gasteiger partial charge in [0.15, 0.2) is 0 Å². The van der Waals surface area contributed by atoms with Crippen LogP contribution in [0.3, 0.4) is 0 Å². The second-order valence-electron chi connectivity index (χ2n) is 6.92. The third-order valence-corrected chi connectivity index (χ3v) is 4.66. The van der Waals surface area contributed by atoms with E-state index in [0.29, 0.717) is 18.2 Å². The molecule has 7 nitrogen and oxygen atoms in total. The number of nitrogens with one attached hydrogen (secondary N) is 2. The summed E-state index contributed by atoms with van der Waals surface area (Å²) in [5.74, 6) is 0.269. The van der Waals surface area contributed by atoms with Gasteiger partial charge in [-0.05, 0) is 31.5 Å². The van der Waals surface area contributed by atoms with Crippen molar-refractivity contribution in [2.75, 3.05) is 43.1 Å². The van der Waals surface area contributed by atoms with Crippen LogP contribution < -0.4 is 15.5 Å². The van der Waals surface area contributed by atoms with Crippen molar-refractivity contribution in [3.63, 3.8) is 0 Å². The number of ether oxygens (including phenoxy) is 1. The van der Waals surface area contributed by atoms with Crippen LogP contribution in [0.25, 0.3) is 0 Å². The highest BCUT2D eigenvalue weighted by Crippen LogP contribution is 2.28. The van der Waals surface area contributed by atoms with Gasteiger partial charge < -0.3 is 20.3 Å². The second kappa shape index (κ2) is 10.0. The van der Waals surface area contributed by atoms with E-state index in [2.05, 4.69) is 38.5 Å². The average molecular weight is 383 g/mol. The fourth-order valence-electron chi connectivity index (χ4n) is 3.19. The molecule has 1 fully saturated rings. The molecule has 1 amide bonds. The minimum absolute atomic E-state index is 0.161. The molecular formula is C21H29N5O2. The van der Waals surface area contributed by atoms with Crippen molar-refractivity contribution in [1.29, 1.82) is 0 Å². The molecule has 1 aliphatic heterocycles. The molecule has 1 saturated heterocycles. The molecule has 0 saturated carbocycles. The summed E-state index contributed by atoms with van der Waals surface area (Å²) in [4.78, 5) is 23.6. The number of hydrogen-bond acceptors (Lipinski definition) is 6. The van der Waals surface area contributed by atoms with Gasteiger partial charge in [0, 0.05) is 25.3 Å². The van der Waals surface area contributed by atoms with Crippen LogP contribution in [0.4, 0.5) is 17.3 Å². The van der Waals surface area contributed by atoms with Crippen LogP contribution in [0.2, 0.25) is 0 Å². The lowest BCUT2D eigenvalue weighted by molar-refractivity contribution is 0.0948. The number of aromatic nitrogens is 2. The van der Waals surface area contributed by atoms with Crippen molar-refractivity contribution in [2.45, 2.75) is 33.1 Å². The van der Waals surface area contributed by atoms with Gasteiger partial charge in [0.1, 0.15) is 5.69 Å². The third kappa shape index (κ3) is 5.42. The molecule has 2 heterocycles. The Morgan fingerprint density at radius 1 is 1.18 bits per heavy atom. The van der Waals surface area contributed by atoms with Crippen LogP contribution in [0.15, 0.2) is 30.3 Å². The summed E-state index contributed by atoms with van der Waals surface area (Å²) in [6.07, 6.45) is 3.21. The maximum atomic E-state index is 12.4. The van der Waals surface area contributed by atoms with E-state index in [1.807, 2.05) is 25.1 Å². The first-order valence-electron chi connectivity index (χ1n) is 10.00. The molecule has 0 unspecified atom stereocenters. The summed E-state index contributed by atoms with van der Waals surface area (Å²) in [5.41, 5.74) is 3.14. The normalized spacial score (nSPS) is 14.0. The highest BCUT2D eigenvalue weighted by molar-refractivity contribution is 5.92. The van der Waals surface area contributed by atoms with Crippen molar-refractivity contribution < 1.29 is 9.53 Å². The summed E-state index contributed by atoms with van der Waals surface area (Å²) in [6.45, 7) is 7.81. The highest BCUT2D eigenvalue weighted by atomic mass is 16.5. The van der Waals surface area contributed by atoms with Gasteiger partial charge in [-0.15, -0.1) is 0 Å². The molecular weight excluding hydrogens is 354 g/mol. The van der Waals surface area contributed by atoms with Crippen molar-refractivity contribution in [3.05, 3.63) is 41.7 Å². The number of anilines is 3. The van der Waals surface area contributed by atoms with Crippen molar-refractivity contribution in [3.8, 4) is 0 Å². The zero-order valence-corrected chi connectivity index (χ0v) is 16.7. The molecule has 2 aromatic rings. The molecule has 0 aliphatic carbocycles. The monoisotopic (exact) mass is 383 g/mol. The van der Waals surface area contributed by atoms with Gasteiger partial charge in [0.25, 0.3) is 5.91 Å². The number of aryl methyl sites for hydroxylation is 1. The number of nitrogens with zero attached hydrogens (tertiary/aromatic N) is 3. The van der Waals surface area contributed by atoms with Crippen LogP contribution in [0, 0.1) is 6.92 Å². The number of amides is 1. The largest absolute Gasteiger partial charge is 0.378 e. The van der Waals surface area contributed by atoms with E-state index < -0.39 is 0 Å². The van der Waals surface area contributed by atoms with Crippen molar-refractivity contribution >= 4 is 23.2 Å². The number of rotatable bonds is 8. The van der Waals surface area contributed by atoms with Crippen LogP contribution in [0.1, 0.15) is 42.4 Å². The molecule has 1 aliphatic rings. The van der Waals surface area contributed by atoms with E-state index in [0.717, 1.165) is 62.6 Å². The summed E-state index contributed by atoms with van der Waals surface area (Å²) >= 11 is 0. The SMILES string of the molecule is CCCCCNC(=O)c1cc(C)nc(Nc2ccccc2N2CCOCC2)n1. The maximum absolute atomic E-state index is 12.4. The quantitative estimate of drug-likeness (QED) is 0.681. The Bertz CT molecular complexity index is 790. The Morgan fingerprint density at radius 3 is 2.75 bits per heavy atom. The number of carbonyl (C=O) groups is 1. The fourth-order valence-corrected chi connectivity index (χ4v) is 3.19. The number of unbranched alkanes of at least 4 members (excludes halogenated alkanes) is 2. The fraction of sp³-hybridized carbons (Fsp3) is 0.476. The number of para-hydroxylation sites is 2. The van der Waals surface area contributed by atoms with E-state index in [1.54, 1.807) is 6.07 Å². The van der Waals surface area contributed by atoms with E-state index >= 15 is 0 Å². The van der Waals surface area contributed by atoms with E-state index in [-0.39, 0.29) is 5.91 Å². The lowest BCUT2D eigenvalue weighted by atomic mass is 10.2. The molecule has 1 aromatic heterocycles. The van der Waals surface area contributed by atoms with Gasteiger partial charge >= 0.3 is 0 Å². The number of carbonyl (C=O) groups excluding carboxylic acids is 1. The van der Waals surface area contributed by atoms with E-state index in [1.165, 1.54) is 0 Å². The molecule has 0 bridgehead atoms. The number of benzene rings is 1. The maximum Gasteiger partial charge on any atom is 0.270 e. The standard InChI is InChI=1S/C21H29N5O2/c1-3-4-7-10-22-20(27)18-15-16(2)23-21(25-18)24-17-8-5-6-9-19(17)26-11-13-28-14-12-26/h5-6,8-9,15H,3-4,7,10-14H2,1-2H3,(H,22,27)(H,23,24,25). The molecule has 0 atom stereocenters. The molecule has 28 heavy (non-hydrogen) atoms. The first kappa shape index (κ1) is 20.1. The average Bonchev–Trinajstić information content (AvgIpc) is 2.72. The Labute approximate surface area is 166 Å². The Balaban J connectivity index is 1.74. The zero-order chi connectivity index (χ0) is 19.8. The van der Waals surface area contributed by atoms with Crippen LogP contribution >= 0.6 is 0 Å². The van der Waals surface area contributed by atoms with Crippen LogP contribution in [-0.2, 0) is 4.74 Å². The Morgan fingerprint density at radius 2 is 1.96 bits per heavy atom. The molecule has 0 spiro atoms. The minimum Gasteiger partial charge on any atom is -0.378 e. The molecule has 3 rings (SSSR count). The minimum atomic E-state index is -0.161. The molecule has 0 radical (unpaired) electrons. The van der Waals surface area contributed by atoms with Gasteiger partial charge in [-0.1, -0.05) is 31.9 Å². The van der Waals surface area contributed by atoms with E-state index in [9.17, 15) is 4.79 Å². The van der Waals surface area contributed by atoms with Gasteiger partial charge in [-0.2, -0.15) is 0 Å². The second-order valence-corrected chi connectivity index (χ2v) is 6.92. The first-order chi connectivity index (χ1) is 13.7. The molecule has 150 valence electrons. The summed E-state index contributed by atoms with van der Waals surface area (Å²) in [6, 6.07) is 9.78. The topological polar surface area (TPSA) is 79.4 Å². The molecule has 2 N–H and O–H groups in total. The third-order valence-electron chi connectivity index (χ3n) is 4.66. The van der Waals surface area contributed by atoms with Crippen LogP contribution in [-0.4, -0.2) is 48.7 Å². The summed E-state index contributed by atoms with van der Waals surface area (Å²) in [7, 11) is 0. The lowest BCUT2D eigenvalue weighted by Crippen LogP contribution is -2.36. The number of morpholine rings is 1. The van der Waals surface area contributed by atoms with Gasteiger partial charge in [-0.3, -0.25) is 4.79 Å². The molecule has 7 heteroatoms. The Hall–Kier alpha value is -2.67. The van der Waals surface area contributed by atoms with Crippen LogP contribution in [0.5, 0.6) is 0 Å². The highest BCUT2D eigenvalue weighted by Gasteiger charge is 2.16. The summed E-state index contributed by atoms with van der Waals surface area (Å²) in [5, 5.41) is 6.23. The first-order valence-corrected chi connectivity index (χ1v) is 10.00. The van der Waals surface area contributed by atoms with Gasteiger partial charge in [0.2, 0.25) is 5.95 Å². The summed E-state index contributed by atoms with van der Waals surface area (Å²) < 4.78 is 5.45. The van der Waals surface area contributed by atoms with Gasteiger partial charge in [-0.25, -0.2) is 9.97 Å². The zero-order valence-electron chi connectivity index (χ0n) is 16.7. The smallest absolute Gasteiger partial charge is 0.270 e. The number of hydrogen-bond donors (Lipinski definition) is 2. The molecule has 1 aromatic carbocycles. The van der Waals surface area contributed by atoms with Crippen molar-refractivity contribution in [1.82, 2.24) is 15.3 Å². The Kier molecular flexibility index (Phi) is 7.19. The van der Waals surface area contributed by atoms with Crippen molar-refractivity contribution in [2.24, 2.45) is 0 Å². The lowest BCUT2D eigenvalue weighted by Gasteiger charge is -2.30. The van der Waals surface area contributed by atoms with E-state index in [4.69, 9.17) is 4.74 Å².